The molecule has 0 aromatic carbocycles. The first-order chi connectivity index (χ1) is 5.91. The van der Waals surface area contributed by atoms with Crippen molar-refractivity contribution in [3.8, 4) is 0 Å². The van der Waals surface area contributed by atoms with Crippen LogP contribution < -0.4 is 0 Å². The van der Waals surface area contributed by atoms with E-state index in [0.717, 1.165) is 6.42 Å². The molecule has 0 aromatic rings. The average molecular weight is 332 g/mol. The fraction of sp³-hybridized carbons (Fsp3) is 0.800. The van der Waals surface area contributed by atoms with Crippen LogP contribution in [0.5, 0.6) is 0 Å². The molecule has 0 unspecified atom stereocenters. The summed E-state index contributed by atoms with van der Waals surface area (Å²) in [5, 5.41) is 0. The summed E-state index contributed by atoms with van der Waals surface area (Å²) in [7, 11) is 0. The molecule has 0 aromatic heterocycles. The molecule has 2 heteroatoms. The molecule has 0 fully saturated rings. The molecule has 0 saturated carbocycles. The minimum atomic E-state index is 1.08. The van der Waals surface area contributed by atoms with Crippen molar-refractivity contribution in [2.75, 3.05) is 0 Å². The van der Waals surface area contributed by atoms with Crippen molar-refractivity contribution in [1.29, 1.82) is 0 Å². The van der Waals surface area contributed by atoms with Crippen LogP contribution >= 0.6 is 19.8 Å². The van der Waals surface area contributed by atoms with Crippen LogP contribution in [0.1, 0.15) is 51.9 Å². The first-order valence-electron chi connectivity index (χ1n) is 4.68. The number of rotatable bonds is 7. The molecule has 0 nitrogen and oxygen atoms in total. The van der Waals surface area contributed by atoms with Crippen LogP contribution in [0.4, 0.5) is 0 Å². The van der Waals surface area contributed by atoms with E-state index in [9.17, 15) is 0 Å². The average Bonchev–Trinajstić information content (AvgIpc) is 2.15. The van der Waals surface area contributed by atoms with Gasteiger partial charge in [-0.1, -0.05) is 45.4 Å². The van der Waals surface area contributed by atoms with Crippen molar-refractivity contribution in [3.05, 3.63) is 12.7 Å². The zero-order valence-electron chi connectivity index (χ0n) is 8.24. The van der Waals surface area contributed by atoms with Gasteiger partial charge in [0.1, 0.15) is 0 Å². The van der Waals surface area contributed by atoms with E-state index in [4.69, 9.17) is 0 Å². The van der Waals surface area contributed by atoms with Crippen molar-refractivity contribution >= 4 is 19.8 Å². The number of unbranched alkanes of at least 4 members (excludes halogenated alkanes) is 6. The zero-order chi connectivity index (χ0) is 9.66. The summed E-state index contributed by atoms with van der Waals surface area (Å²) in [5.41, 5.74) is 0. The predicted molar refractivity (Wildman–Crippen MR) is 60.9 cm³/mol. The number of halogens is 1. The molecule has 0 aliphatic heterocycles. The molecule has 0 aliphatic carbocycles. The molecule has 0 N–H and O–H groups in total. The van der Waals surface area contributed by atoms with E-state index in [1.54, 1.807) is 0 Å². The summed E-state index contributed by atoms with van der Waals surface area (Å²) in [5.74, 6) is 0. The second kappa shape index (κ2) is 18.0. The Morgan fingerprint density at radius 3 is 2.08 bits per heavy atom. The van der Waals surface area contributed by atoms with Crippen molar-refractivity contribution in [2.24, 2.45) is 0 Å². The van der Waals surface area contributed by atoms with E-state index < -0.39 is 0 Å². The van der Waals surface area contributed by atoms with Crippen LogP contribution in [0.25, 0.3) is 0 Å². The molecule has 0 spiro atoms. The molecular formula is C10H19IZn. The van der Waals surface area contributed by atoms with Gasteiger partial charge in [-0.3, -0.25) is 6.58 Å². The van der Waals surface area contributed by atoms with Crippen LogP contribution in [0.2, 0.25) is 0 Å². The second-order valence-corrected chi connectivity index (χ2v) is 2.77. The zero-order valence-corrected chi connectivity index (χ0v) is 13.4. The van der Waals surface area contributed by atoms with Crippen LogP contribution in [0, 0.1) is 6.08 Å². The van der Waals surface area contributed by atoms with E-state index in [1.165, 1.54) is 53.3 Å². The first kappa shape index (κ1) is 15.6. The third kappa shape index (κ3) is 17.3. The summed E-state index contributed by atoms with van der Waals surface area (Å²) >= 11 is 3.62. The number of hydrogen-bond donors (Lipinski definition) is 0. The summed E-state index contributed by atoms with van der Waals surface area (Å²) < 4.78 is 0. The van der Waals surface area contributed by atoms with Gasteiger partial charge in [0.15, 0.2) is 0 Å². The Labute approximate surface area is 98.4 Å². The molecule has 0 amide bonds. The Morgan fingerprint density at radius 2 is 1.58 bits per heavy atom. The van der Waals surface area contributed by atoms with Gasteiger partial charge >= 0.3 is 34.5 Å². The Bertz CT molecular complexity index is 74.2. The van der Waals surface area contributed by atoms with Crippen LogP contribution in [-0.2, 0) is 14.8 Å². The molecule has 0 bridgehead atoms. The van der Waals surface area contributed by atoms with Gasteiger partial charge in [0.25, 0.3) is 0 Å². The minimum absolute atomic E-state index is 1.08. The van der Waals surface area contributed by atoms with Crippen molar-refractivity contribution in [3.63, 3.8) is 0 Å². The normalized spacial score (nSPS) is 8.67. The van der Waals surface area contributed by atoms with Gasteiger partial charge in [-0.2, -0.15) is 6.42 Å². The van der Waals surface area contributed by atoms with Gasteiger partial charge in [0, 0.05) is 0 Å². The SMILES string of the molecule is C=[C-]CCCCCCCC.[Zn+][I]. The van der Waals surface area contributed by atoms with E-state index in [0.29, 0.717) is 0 Å². The van der Waals surface area contributed by atoms with Crippen molar-refractivity contribution in [1.82, 2.24) is 0 Å². The molecule has 68 valence electrons. The van der Waals surface area contributed by atoms with E-state index >= 15 is 0 Å². The van der Waals surface area contributed by atoms with Crippen LogP contribution in [-0.4, -0.2) is 0 Å². The quantitative estimate of drug-likeness (QED) is 0.277. The Balaban J connectivity index is 0. The summed E-state index contributed by atoms with van der Waals surface area (Å²) in [6.07, 6.45) is 12.2. The van der Waals surface area contributed by atoms with E-state index in [-0.39, 0.29) is 0 Å². The third-order valence-corrected chi connectivity index (χ3v) is 1.71. The van der Waals surface area contributed by atoms with Gasteiger partial charge in [-0.15, -0.1) is 0 Å². The van der Waals surface area contributed by atoms with E-state index in [2.05, 4.69) is 39.3 Å². The standard InChI is InChI=1S/C10H19.HI.Zn/c1-3-5-7-9-10-8-6-4-2;;/h1,4-10H2,2H3;1H;/q-1;;+2/p-1. The van der Waals surface area contributed by atoms with Gasteiger partial charge < -0.3 is 6.08 Å². The number of allylic oxidation sites excluding steroid dienone is 1. The molecule has 0 atom stereocenters. The fourth-order valence-corrected chi connectivity index (χ4v) is 1.03. The van der Waals surface area contributed by atoms with Crippen molar-refractivity contribution in [2.45, 2.75) is 51.9 Å². The Morgan fingerprint density at radius 1 is 1.08 bits per heavy atom. The summed E-state index contributed by atoms with van der Waals surface area (Å²) in [4.78, 5) is 0. The summed E-state index contributed by atoms with van der Waals surface area (Å²) in [6.45, 7) is 5.82. The topological polar surface area (TPSA) is 0 Å². The first-order valence-corrected chi connectivity index (χ1v) is 13.7. The fourth-order valence-electron chi connectivity index (χ4n) is 1.03. The van der Waals surface area contributed by atoms with E-state index in [1.807, 2.05) is 0 Å². The molecule has 0 radical (unpaired) electrons. The Kier molecular flexibility index (Phi) is 23.3. The predicted octanol–water partition coefficient (Wildman–Crippen LogP) is 4.61. The van der Waals surface area contributed by atoms with Gasteiger partial charge in [0.05, 0.1) is 0 Å². The molecule has 0 rings (SSSR count). The maximum absolute atomic E-state index is 3.57. The molecule has 0 heterocycles. The van der Waals surface area contributed by atoms with Gasteiger partial charge in [-0.25, -0.2) is 0 Å². The van der Waals surface area contributed by atoms with Crippen LogP contribution in [0.15, 0.2) is 6.58 Å². The third-order valence-electron chi connectivity index (χ3n) is 1.71. The van der Waals surface area contributed by atoms with Crippen LogP contribution in [0.3, 0.4) is 0 Å². The maximum atomic E-state index is 3.57. The summed E-state index contributed by atoms with van der Waals surface area (Å²) in [6, 6.07) is 0. The van der Waals surface area contributed by atoms with Crippen molar-refractivity contribution < 1.29 is 14.8 Å². The van der Waals surface area contributed by atoms with Gasteiger partial charge in [-0.05, 0) is 0 Å². The second-order valence-electron chi connectivity index (χ2n) is 2.77. The van der Waals surface area contributed by atoms with Gasteiger partial charge in [0.2, 0.25) is 0 Å². The molecular weight excluding hydrogens is 312 g/mol. The number of hydrogen-bond acceptors (Lipinski definition) is 0. The molecule has 0 aliphatic rings. The monoisotopic (exact) mass is 330 g/mol. The molecule has 0 saturated heterocycles. The molecule has 12 heavy (non-hydrogen) atoms. The Hall–Kier alpha value is 1.09.